The average Bonchev–Trinajstić information content (AvgIpc) is 1.92. The van der Waals surface area contributed by atoms with Gasteiger partial charge in [-0.1, -0.05) is 0 Å². The van der Waals surface area contributed by atoms with E-state index in [1.165, 1.54) is 0 Å². The quantitative estimate of drug-likeness (QED) is 0.281. The van der Waals surface area contributed by atoms with E-state index < -0.39 is 34.7 Å². The Morgan fingerprint density at radius 3 is 0.538 bits per heavy atom. The first-order valence-electron chi connectivity index (χ1n) is 1.98. The normalized spacial score (nSPS) is 8.92. The van der Waals surface area contributed by atoms with Gasteiger partial charge in [-0.3, -0.25) is 18.3 Å². The zero-order valence-electron chi connectivity index (χ0n) is 5.73. The predicted octanol–water partition coefficient (Wildman–Crippen LogP) is -2.58. The van der Waals surface area contributed by atoms with E-state index in [4.69, 9.17) is 37.8 Å². The SMILES string of the molecule is O=[PH2]O.O=[PH2]O.O=[PH2]O.O=[PH2]O.[AlH3]. The van der Waals surface area contributed by atoms with E-state index in [0.29, 0.717) is 0 Å². The summed E-state index contributed by atoms with van der Waals surface area (Å²) in [5.74, 6) is 0. The molecule has 0 aromatic heterocycles. The first-order chi connectivity index (χ1) is 5.66. The molecule has 0 aliphatic heterocycles. The molecule has 0 aliphatic carbocycles. The molecule has 4 N–H and O–H groups in total. The Labute approximate surface area is 90.3 Å². The standard InChI is InChI=1S/Al.4H3O2P.3H/c;4*1-3-2;;;/h;4*3H2,(H,1,2);;;. The highest BCUT2D eigenvalue weighted by Crippen LogP contribution is 1.66. The Bertz CT molecular complexity index is 70.1. The van der Waals surface area contributed by atoms with Gasteiger partial charge in [-0.15, -0.1) is 0 Å². The lowest BCUT2D eigenvalue weighted by Crippen LogP contribution is -1.03. The van der Waals surface area contributed by atoms with E-state index >= 15 is 0 Å². The molecule has 0 heterocycles. The van der Waals surface area contributed by atoms with Gasteiger partial charge >= 0.3 is 0 Å². The maximum Gasteiger partial charge on any atom is 0.187 e. The monoisotopic (exact) mass is 294 g/mol. The summed E-state index contributed by atoms with van der Waals surface area (Å²) in [5, 5.41) is 0. The molecule has 0 rings (SSSR count). The second-order valence-electron chi connectivity index (χ2n) is 0.422. The van der Waals surface area contributed by atoms with Gasteiger partial charge in [0.1, 0.15) is 0 Å². The fourth-order valence-corrected chi connectivity index (χ4v) is 0. The van der Waals surface area contributed by atoms with Crippen LogP contribution in [0.4, 0.5) is 0 Å². The molecule has 86 valence electrons. The molecule has 0 aromatic rings. The minimum absolute atomic E-state index is 0. The summed E-state index contributed by atoms with van der Waals surface area (Å²) in [6.45, 7) is 0. The van der Waals surface area contributed by atoms with Crippen LogP contribution in [0.1, 0.15) is 0 Å². The van der Waals surface area contributed by atoms with Crippen LogP contribution in [0.2, 0.25) is 0 Å². The predicted molar refractivity (Wildman–Crippen MR) is 60.4 cm³/mol. The largest absolute Gasteiger partial charge is 0.348 e. The van der Waals surface area contributed by atoms with Gasteiger partial charge < -0.3 is 19.6 Å². The van der Waals surface area contributed by atoms with Gasteiger partial charge in [-0.2, -0.15) is 0 Å². The van der Waals surface area contributed by atoms with E-state index in [1.807, 2.05) is 0 Å². The first-order valence-corrected chi connectivity index (χ1v) is 5.93. The minimum atomic E-state index is -1.50. The van der Waals surface area contributed by atoms with Gasteiger partial charge in [0.15, 0.2) is 52.1 Å². The number of rotatable bonds is 0. The zero-order chi connectivity index (χ0) is 10.8. The average molecular weight is 294 g/mol. The molecule has 0 saturated carbocycles. The van der Waals surface area contributed by atoms with E-state index in [9.17, 15) is 0 Å². The molecule has 4 unspecified atom stereocenters. The summed E-state index contributed by atoms with van der Waals surface area (Å²) < 4.78 is 34.3. The van der Waals surface area contributed by atoms with E-state index in [-0.39, 0.29) is 17.4 Å². The molecule has 8 nitrogen and oxygen atoms in total. The van der Waals surface area contributed by atoms with Crippen LogP contribution in [-0.2, 0) is 18.3 Å². The highest BCUT2D eigenvalue weighted by molar-refractivity contribution is 7.16. The van der Waals surface area contributed by atoms with Crippen LogP contribution in [0, 0.1) is 0 Å². The van der Waals surface area contributed by atoms with Crippen molar-refractivity contribution in [2.75, 3.05) is 0 Å². The lowest BCUT2D eigenvalue weighted by atomic mass is 15.9. The Kier molecular flexibility index (Phi) is 161. The second kappa shape index (κ2) is 71.7. The van der Waals surface area contributed by atoms with Crippen molar-refractivity contribution in [2.24, 2.45) is 0 Å². The van der Waals surface area contributed by atoms with Gasteiger partial charge in [0.05, 0.1) is 0 Å². The smallest absolute Gasteiger partial charge is 0.187 e. The fraction of sp³-hybridized carbons (Fsp3) is 0. The molecule has 0 saturated heterocycles. The molecule has 0 aromatic carbocycles. The van der Waals surface area contributed by atoms with Crippen LogP contribution in [0.15, 0.2) is 0 Å². The number of hydrogen-bond acceptors (Lipinski definition) is 4. The van der Waals surface area contributed by atoms with Crippen molar-refractivity contribution < 1.29 is 37.8 Å². The zero-order valence-corrected chi connectivity index (χ0v) is 10.4. The van der Waals surface area contributed by atoms with Crippen molar-refractivity contribution in [3.8, 4) is 0 Å². The molecule has 13 heteroatoms. The molecule has 0 bridgehead atoms. The van der Waals surface area contributed by atoms with Gasteiger partial charge in [0.2, 0.25) is 0 Å². The molecule has 0 fully saturated rings. The highest BCUT2D eigenvalue weighted by atomic mass is 31.1. The van der Waals surface area contributed by atoms with Gasteiger partial charge in [-0.05, 0) is 0 Å². The molecule has 0 amide bonds. The summed E-state index contributed by atoms with van der Waals surface area (Å²) in [6, 6.07) is 0. The van der Waals surface area contributed by atoms with Crippen LogP contribution in [0.3, 0.4) is 0 Å². The number of hydrogen-bond donors (Lipinski definition) is 4. The van der Waals surface area contributed by atoms with Crippen molar-refractivity contribution in [3.63, 3.8) is 0 Å². The minimum Gasteiger partial charge on any atom is -0.348 e. The van der Waals surface area contributed by atoms with Crippen LogP contribution in [-0.4, -0.2) is 36.9 Å². The molecule has 13 heavy (non-hydrogen) atoms. The van der Waals surface area contributed by atoms with Crippen LogP contribution in [0.25, 0.3) is 0 Å². The van der Waals surface area contributed by atoms with Gasteiger partial charge in [0.25, 0.3) is 0 Å². The lowest BCUT2D eigenvalue weighted by molar-refractivity contribution is 0.523. The van der Waals surface area contributed by atoms with Crippen molar-refractivity contribution >= 4 is 52.1 Å². The van der Waals surface area contributed by atoms with Crippen LogP contribution >= 0.6 is 34.7 Å². The summed E-state index contributed by atoms with van der Waals surface area (Å²) >= 11 is 0. The lowest BCUT2D eigenvalue weighted by Gasteiger charge is -1.33. The third-order valence-electron chi connectivity index (χ3n) is 0. The third kappa shape index (κ3) is 1010. The fourth-order valence-electron chi connectivity index (χ4n) is 0. The molecule has 0 aliphatic rings. The van der Waals surface area contributed by atoms with Gasteiger partial charge in [0, 0.05) is 0 Å². The van der Waals surface area contributed by atoms with Crippen molar-refractivity contribution in [1.82, 2.24) is 0 Å². The maximum atomic E-state index is 8.57. The van der Waals surface area contributed by atoms with E-state index in [2.05, 4.69) is 0 Å². The van der Waals surface area contributed by atoms with E-state index in [1.54, 1.807) is 0 Å². The summed E-state index contributed by atoms with van der Waals surface area (Å²) in [6.07, 6.45) is 0. The van der Waals surface area contributed by atoms with Crippen LogP contribution in [0.5, 0.6) is 0 Å². The van der Waals surface area contributed by atoms with Crippen molar-refractivity contribution in [1.29, 1.82) is 0 Å². The molecular weight excluding hydrogens is 279 g/mol. The topological polar surface area (TPSA) is 149 Å². The van der Waals surface area contributed by atoms with Gasteiger partial charge in [-0.25, -0.2) is 0 Å². The van der Waals surface area contributed by atoms with Crippen molar-refractivity contribution in [3.05, 3.63) is 0 Å². The van der Waals surface area contributed by atoms with Crippen molar-refractivity contribution in [2.45, 2.75) is 0 Å². The summed E-state index contributed by atoms with van der Waals surface area (Å²) in [5.41, 5.74) is 0. The third-order valence-corrected chi connectivity index (χ3v) is 0. The Hall–Kier alpha value is 1.29. The highest BCUT2D eigenvalue weighted by Gasteiger charge is 1.18. The van der Waals surface area contributed by atoms with Crippen LogP contribution < -0.4 is 0 Å². The van der Waals surface area contributed by atoms with E-state index in [0.717, 1.165) is 0 Å². The maximum absolute atomic E-state index is 8.57. The Morgan fingerprint density at radius 1 is 0.538 bits per heavy atom. The second-order valence-corrected chi connectivity index (χ2v) is 1.26. The summed E-state index contributed by atoms with van der Waals surface area (Å²) in [4.78, 5) is 28.4. The molecule has 0 radical (unpaired) electrons. The molecular formula is H15AlO8P4. The molecule has 0 spiro atoms. The molecule has 4 atom stereocenters. The Morgan fingerprint density at radius 2 is 0.538 bits per heavy atom. The first kappa shape index (κ1) is 29.2. The summed E-state index contributed by atoms with van der Waals surface area (Å²) in [7, 11) is -6.00. The Balaban J connectivity index is -0.0000000213.